The van der Waals surface area contributed by atoms with Gasteiger partial charge in [-0.2, -0.15) is 0 Å². The Hall–Kier alpha value is -1.53. The molecule has 20 heavy (non-hydrogen) atoms. The third-order valence-electron chi connectivity index (χ3n) is 3.23. The average molecular weight is 285 g/mol. The molecule has 0 aromatic heterocycles. The summed E-state index contributed by atoms with van der Waals surface area (Å²) in [6.07, 6.45) is 0.180. The van der Waals surface area contributed by atoms with Crippen LogP contribution in [-0.2, 0) is 9.53 Å². The van der Waals surface area contributed by atoms with Gasteiger partial charge in [0.2, 0.25) is 0 Å². The number of carbonyl (C=O) groups excluding carboxylic acids is 1. The smallest absolute Gasteiger partial charge is 0.279 e. The molecule has 0 spiro atoms. The lowest BCUT2D eigenvalue weighted by Crippen LogP contribution is -3.16. The first-order valence-electron chi connectivity index (χ1n) is 6.68. The van der Waals surface area contributed by atoms with Crippen molar-refractivity contribution in [3.8, 4) is 0 Å². The largest absolute Gasteiger partial charge is 0.364 e. The number of quaternary nitrogens is 1. The maximum absolute atomic E-state index is 13.4. The minimum atomic E-state index is -0.640. The Labute approximate surface area is 116 Å². The van der Waals surface area contributed by atoms with Crippen LogP contribution in [0.1, 0.15) is 13.8 Å². The molecule has 1 fully saturated rings. The second-order valence-corrected chi connectivity index (χ2v) is 5.26. The summed E-state index contributed by atoms with van der Waals surface area (Å²) < 4.78 is 32.0. The SMILES string of the molecule is C[C@H]1C[NH+](CC(=O)Nc2cc(F)ccc2F)C[C@H](C)O1. The monoisotopic (exact) mass is 285 g/mol. The van der Waals surface area contributed by atoms with Gasteiger partial charge in [-0.3, -0.25) is 4.79 Å². The van der Waals surface area contributed by atoms with Crippen LogP contribution in [0.15, 0.2) is 18.2 Å². The lowest BCUT2D eigenvalue weighted by molar-refractivity contribution is -0.907. The lowest BCUT2D eigenvalue weighted by Gasteiger charge is -2.31. The quantitative estimate of drug-likeness (QED) is 0.854. The second kappa shape index (κ2) is 6.28. The van der Waals surface area contributed by atoms with E-state index < -0.39 is 11.6 Å². The van der Waals surface area contributed by atoms with E-state index in [4.69, 9.17) is 4.74 Å². The van der Waals surface area contributed by atoms with Gasteiger partial charge in [0.25, 0.3) is 5.91 Å². The van der Waals surface area contributed by atoms with E-state index in [1.54, 1.807) is 0 Å². The summed E-state index contributed by atoms with van der Waals surface area (Å²) in [7, 11) is 0. The van der Waals surface area contributed by atoms with Gasteiger partial charge in [0.05, 0.1) is 5.69 Å². The first kappa shape index (κ1) is 14.9. The lowest BCUT2D eigenvalue weighted by atomic mass is 10.2. The molecule has 2 atom stereocenters. The van der Waals surface area contributed by atoms with Crippen LogP contribution in [0.2, 0.25) is 0 Å². The zero-order chi connectivity index (χ0) is 14.7. The van der Waals surface area contributed by atoms with Gasteiger partial charge >= 0.3 is 0 Å². The van der Waals surface area contributed by atoms with Crippen molar-refractivity contribution in [2.75, 3.05) is 25.0 Å². The summed E-state index contributed by atoms with van der Waals surface area (Å²) in [5, 5.41) is 2.41. The number of hydrogen-bond donors (Lipinski definition) is 2. The fraction of sp³-hybridized carbons (Fsp3) is 0.500. The number of carbonyl (C=O) groups is 1. The van der Waals surface area contributed by atoms with E-state index in [-0.39, 0.29) is 30.3 Å². The van der Waals surface area contributed by atoms with Gasteiger partial charge in [-0.15, -0.1) is 0 Å². The summed E-state index contributed by atoms with van der Waals surface area (Å²) in [6, 6.07) is 2.99. The van der Waals surface area contributed by atoms with E-state index in [2.05, 4.69) is 5.32 Å². The molecule has 1 aliphatic heterocycles. The Morgan fingerprint density at radius 1 is 1.35 bits per heavy atom. The summed E-state index contributed by atoms with van der Waals surface area (Å²) in [4.78, 5) is 13.0. The maximum atomic E-state index is 13.4. The third-order valence-corrected chi connectivity index (χ3v) is 3.23. The highest BCUT2D eigenvalue weighted by atomic mass is 19.1. The van der Waals surface area contributed by atoms with Crippen LogP contribution in [0.4, 0.5) is 14.5 Å². The maximum Gasteiger partial charge on any atom is 0.279 e. The van der Waals surface area contributed by atoms with Crippen molar-refractivity contribution in [3.63, 3.8) is 0 Å². The highest BCUT2D eigenvalue weighted by molar-refractivity contribution is 5.91. The first-order valence-corrected chi connectivity index (χ1v) is 6.68. The predicted molar refractivity (Wildman–Crippen MR) is 70.6 cm³/mol. The van der Waals surface area contributed by atoms with Crippen LogP contribution < -0.4 is 10.2 Å². The van der Waals surface area contributed by atoms with E-state index in [9.17, 15) is 13.6 Å². The fourth-order valence-electron chi connectivity index (χ4n) is 2.55. The number of morpholine rings is 1. The normalized spacial score (nSPS) is 26.3. The molecule has 2 N–H and O–H groups in total. The van der Waals surface area contributed by atoms with E-state index in [1.165, 1.54) is 0 Å². The average Bonchev–Trinajstić information content (AvgIpc) is 2.32. The van der Waals surface area contributed by atoms with Crippen LogP contribution in [0, 0.1) is 11.6 Å². The molecule has 1 amide bonds. The molecule has 1 saturated heterocycles. The summed E-state index contributed by atoms with van der Waals surface area (Å²) in [6.45, 7) is 5.58. The fourth-order valence-corrected chi connectivity index (χ4v) is 2.55. The topological polar surface area (TPSA) is 42.8 Å². The zero-order valence-electron chi connectivity index (χ0n) is 11.6. The van der Waals surface area contributed by atoms with Crippen molar-refractivity contribution in [2.24, 2.45) is 0 Å². The van der Waals surface area contributed by atoms with Gasteiger partial charge in [0, 0.05) is 6.07 Å². The van der Waals surface area contributed by atoms with Crippen molar-refractivity contribution in [2.45, 2.75) is 26.1 Å². The van der Waals surface area contributed by atoms with E-state index in [1.807, 2.05) is 13.8 Å². The van der Waals surface area contributed by atoms with Crippen LogP contribution in [-0.4, -0.2) is 37.7 Å². The Bertz CT molecular complexity index is 486. The van der Waals surface area contributed by atoms with Gasteiger partial charge < -0.3 is 15.0 Å². The van der Waals surface area contributed by atoms with Crippen LogP contribution in [0.3, 0.4) is 0 Å². The number of hydrogen-bond acceptors (Lipinski definition) is 2. The summed E-state index contributed by atoms with van der Waals surface area (Å²) >= 11 is 0. The molecule has 1 aromatic carbocycles. The Morgan fingerprint density at radius 3 is 2.65 bits per heavy atom. The predicted octanol–water partition coefficient (Wildman–Crippen LogP) is 0.595. The number of rotatable bonds is 3. The molecule has 1 heterocycles. The highest BCUT2D eigenvalue weighted by Crippen LogP contribution is 2.14. The molecule has 0 bridgehead atoms. The van der Waals surface area contributed by atoms with Crippen molar-refractivity contribution in [1.82, 2.24) is 0 Å². The minimum Gasteiger partial charge on any atom is -0.364 e. The van der Waals surface area contributed by atoms with Crippen molar-refractivity contribution < 1.29 is 23.2 Å². The second-order valence-electron chi connectivity index (χ2n) is 5.26. The summed E-state index contributed by atoms with van der Waals surface area (Å²) in [5.41, 5.74) is -0.122. The van der Waals surface area contributed by atoms with E-state index in [0.29, 0.717) is 0 Å². The zero-order valence-corrected chi connectivity index (χ0v) is 11.6. The molecule has 6 heteroatoms. The number of halogens is 2. The molecular formula is C14H19F2N2O2+. The van der Waals surface area contributed by atoms with Crippen LogP contribution in [0.25, 0.3) is 0 Å². The molecule has 0 unspecified atom stereocenters. The third kappa shape index (κ3) is 3.98. The van der Waals surface area contributed by atoms with Gasteiger partial charge in [0.15, 0.2) is 6.54 Å². The van der Waals surface area contributed by atoms with E-state index >= 15 is 0 Å². The van der Waals surface area contributed by atoms with Crippen LogP contribution in [0.5, 0.6) is 0 Å². The Kier molecular flexibility index (Phi) is 4.67. The number of amides is 1. The number of nitrogens with one attached hydrogen (secondary N) is 2. The number of benzene rings is 1. The van der Waals surface area contributed by atoms with Crippen molar-refractivity contribution in [1.29, 1.82) is 0 Å². The number of anilines is 1. The first-order chi connectivity index (χ1) is 9.44. The molecule has 4 nitrogen and oxygen atoms in total. The van der Waals surface area contributed by atoms with Gasteiger partial charge in [-0.1, -0.05) is 0 Å². The molecule has 1 aliphatic rings. The highest BCUT2D eigenvalue weighted by Gasteiger charge is 2.27. The van der Waals surface area contributed by atoms with Gasteiger partial charge in [-0.25, -0.2) is 8.78 Å². The molecule has 0 aliphatic carbocycles. The molecule has 1 aromatic rings. The molecular weight excluding hydrogens is 266 g/mol. The van der Waals surface area contributed by atoms with Gasteiger partial charge in [-0.05, 0) is 26.0 Å². The minimum absolute atomic E-state index is 0.0902. The standard InChI is InChI=1S/C14H18F2N2O2/c1-9-6-18(7-10(2)20-9)8-14(19)17-13-5-11(15)3-4-12(13)16/h3-5,9-10H,6-8H2,1-2H3,(H,17,19)/p+1/t9-,10-/m0/s1. The van der Waals surface area contributed by atoms with E-state index in [0.717, 1.165) is 36.2 Å². The number of ether oxygens (including phenoxy) is 1. The Morgan fingerprint density at radius 2 is 2.00 bits per heavy atom. The molecule has 2 rings (SSSR count). The molecule has 110 valence electrons. The van der Waals surface area contributed by atoms with Gasteiger partial charge in [0.1, 0.15) is 36.9 Å². The summed E-state index contributed by atoms with van der Waals surface area (Å²) in [5.74, 6) is -1.55. The van der Waals surface area contributed by atoms with Crippen molar-refractivity contribution in [3.05, 3.63) is 29.8 Å². The molecule has 0 radical (unpaired) electrons. The van der Waals surface area contributed by atoms with Crippen molar-refractivity contribution >= 4 is 11.6 Å². The molecule has 0 saturated carbocycles. The Balaban J connectivity index is 1.93. The van der Waals surface area contributed by atoms with Crippen LogP contribution >= 0.6 is 0 Å².